The van der Waals surface area contributed by atoms with Gasteiger partial charge in [-0.05, 0) is 61.1 Å². The van der Waals surface area contributed by atoms with E-state index in [1.807, 2.05) is 12.1 Å². The second-order valence-corrected chi connectivity index (χ2v) is 7.65. The molecule has 148 valence electrons. The summed E-state index contributed by atoms with van der Waals surface area (Å²) in [7, 11) is 3.12. The number of ether oxygens (including phenoxy) is 2. The van der Waals surface area contributed by atoms with Gasteiger partial charge in [0.25, 0.3) is 11.8 Å². The van der Waals surface area contributed by atoms with Crippen molar-refractivity contribution in [1.29, 1.82) is 0 Å². The molecule has 0 atom stereocenters. The van der Waals surface area contributed by atoms with Crippen LogP contribution < -0.4 is 20.3 Å². The van der Waals surface area contributed by atoms with Crippen molar-refractivity contribution in [1.82, 2.24) is 10.9 Å². The number of benzene rings is 1. The summed E-state index contributed by atoms with van der Waals surface area (Å²) in [6, 6.07) is 7.29. The molecule has 0 saturated carbocycles. The van der Waals surface area contributed by atoms with Crippen molar-refractivity contribution >= 4 is 29.2 Å². The number of carbonyl (C=O) groups excluding carboxylic acids is 2. The van der Waals surface area contributed by atoms with Crippen LogP contribution in [0, 0.1) is 0 Å². The maximum absolute atomic E-state index is 12.3. The highest BCUT2D eigenvalue weighted by atomic mass is 32.1. The summed E-state index contributed by atoms with van der Waals surface area (Å²) in [5, 5.41) is 0. The van der Waals surface area contributed by atoms with Crippen molar-refractivity contribution < 1.29 is 19.1 Å². The summed E-state index contributed by atoms with van der Waals surface area (Å²) >= 11 is 1.52. The van der Waals surface area contributed by atoms with Crippen LogP contribution >= 0.6 is 11.3 Å². The van der Waals surface area contributed by atoms with Gasteiger partial charge in [0.2, 0.25) is 0 Å². The fraction of sp³-hybridized carbons (Fsp3) is 0.333. The van der Waals surface area contributed by atoms with Crippen molar-refractivity contribution in [3.63, 3.8) is 0 Å². The third kappa shape index (κ3) is 4.92. The highest BCUT2D eigenvalue weighted by Gasteiger charge is 2.16. The Balaban J connectivity index is 1.55. The first-order chi connectivity index (χ1) is 13.6. The second-order valence-electron chi connectivity index (χ2n) is 6.51. The standard InChI is InChI=1S/C21H24N2O4S/c1-26-16-10-8-14(12-17(16)27-2)9-11-20(24)22-23-21(25)19-13-15-6-4-3-5-7-18(15)28-19/h8-13H,3-7H2,1-2H3,(H,22,24)(H,23,25)/b11-9+. The first-order valence-electron chi connectivity index (χ1n) is 9.22. The van der Waals surface area contributed by atoms with E-state index in [1.54, 1.807) is 32.4 Å². The van der Waals surface area contributed by atoms with Crippen molar-refractivity contribution in [2.45, 2.75) is 32.1 Å². The third-order valence-corrected chi connectivity index (χ3v) is 5.84. The first-order valence-corrected chi connectivity index (χ1v) is 10.0. The molecule has 1 aromatic carbocycles. The molecule has 28 heavy (non-hydrogen) atoms. The van der Waals surface area contributed by atoms with E-state index in [2.05, 4.69) is 10.9 Å². The summed E-state index contributed by atoms with van der Waals surface area (Å²) in [4.78, 5) is 26.2. The molecule has 1 aromatic heterocycles. The summed E-state index contributed by atoms with van der Waals surface area (Å²) < 4.78 is 10.4. The Bertz CT molecular complexity index is 865. The molecule has 2 N–H and O–H groups in total. The average molecular weight is 401 g/mol. The van der Waals surface area contributed by atoms with Crippen LogP contribution in [0.5, 0.6) is 11.5 Å². The Hall–Kier alpha value is -2.80. The minimum absolute atomic E-state index is 0.286. The molecular formula is C21H24N2O4S. The molecule has 0 radical (unpaired) electrons. The Morgan fingerprint density at radius 2 is 1.79 bits per heavy atom. The Kier molecular flexibility index (Phi) is 6.71. The van der Waals surface area contributed by atoms with Crippen LogP contribution in [0.1, 0.15) is 44.9 Å². The summed E-state index contributed by atoms with van der Waals surface area (Å²) in [6.45, 7) is 0. The quantitative estimate of drug-likeness (QED) is 0.457. The SMILES string of the molecule is COc1ccc(/C=C/C(=O)NNC(=O)c2cc3c(s2)CCCCC3)cc1OC. The molecule has 1 aliphatic rings. The van der Waals surface area contributed by atoms with Crippen molar-refractivity contribution in [2.75, 3.05) is 14.2 Å². The van der Waals surface area contributed by atoms with Gasteiger partial charge in [0, 0.05) is 11.0 Å². The van der Waals surface area contributed by atoms with Crippen LogP contribution in [0.4, 0.5) is 0 Å². The van der Waals surface area contributed by atoms with E-state index < -0.39 is 5.91 Å². The van der Waals surface area contributed by atoms with Crippen LogP contribution in [0.3, 0.4) is 0 Å². The lowest BCUT2D eigenvalue weighted by Gasteiger charge is -2.07. The number of amides is 2. The van der Waals surface area contributed by atoms with Gasteiger partial charge in [-0.25, -0.2) is 0 Å². The van der Waals surface area contributed by atoms with E-state index >= 15 is 0 Å². The lowest BCUT2D eigenvalue weighted by atomic mass is 10.1. The van der Waals surface area contributed by atoms with Crippen LogP contribution in [-0.2, 0) is 17.6 Å². The van der Waals surface area contributed by atoms with Crippen LogP contribution in [0.15, 0.2) is 30.3 Å². The number of hydrogen-bond acceptors (Lipinski definition) is 5. The van der Waals surface area contributed by atoms with Gasteiger partial charge in [-0.2, -0.15) is 0 Å². The van der Waals surface area contributed by atoms with E-state index in [9.17, 15) is 9.59 Å². The number of carbonyl (C=O) groups is 2. The number of rotatable bonds is 5. The van der Waals surface area contributed by atoms with Crippen molar-refractivity contribution in [2.24, 2.45) is 0 Å². The number of hydrazine groups is 1. The maximum Gasteiger partial charge on any atom is 0.279 e. The van der Waals surface area contributed by atoms with Gasteiger partial charge in [-0.1, -0.05) is 12.5 Å². The Morgan fingerprint density at radius 3 is 2.57 bits per heavy atom. The third-order valence-electron chi connectivity index (χ3n) is 4.60. The molecule has 0 saturated heterocycles. The molecule has 3 rings (SSSR count). The summed E-state index contributed by atoms with van der Waals surface area (Å²) in [5.41, 5.74) is 6.95. The van der Waals surface area contributed by atoms with E-state index in [0.29, 0.717) is 16.4 Å². The fourth-order valence-corrected chi connectivity index (χ4v) is 4.28. The van der Waals surface area contributed by atoms with Gasteiger partial charge in [0.1, 0.15) is 0 Å². The molecule has 7 heteroatoms. The fourth-order valence-electron chi connectivity index (χ4n) is 3.13. The highest BCUT2D eigenvalue weighted by molar-refractivity contribution is 7.14. The summed E-state index contributed by atoms with van der Waals surface area (Å²) in [6.07, 6.45) is 8.63. The van der Waals surface area contributed by atoms with Gasteiger partial charge in [0.15, 0.2) is 11.5 Å². The van der Waals surface area contributed by atoms with Crippen LogP contribution in [0.25, 0.3) is 6.08 Å². The van der Waals surface area contributed by atoms with Crippen LogP contribution in [0.2, 0.25) is 0 Å². The van der Waals surface area contributed by atoms with Crippen molar-refractivity contribution in [3.05, 3.63) is 51.2 Å². The van der Waals surface area contributed by atoms with Gasteiger partial charge in [-0.15, -0.1) is 11.3 Å². The minimum Gasteiger partial charge on any atom is -0.493 e. The lowest BCUT2D eigenvalue weighted by Crippen LogP contribution is -2.40. The zero-order valence-corrected chi connectivity index (χ0v) is 16.9. The predicted molar refractivity (Wildman–Crippen MR) is 110 cm³/mol. The van der Waals surface area contributed by atoms with Gasteiger partial charge in [-0.3, -0.25) is 20.4 Å². The number of hydrogen-bond donors (Lipinski definition) is 2. The number of methoxy groups -OCH3 is 2. The van der Waals surface area contributed by atoms with Crippen LogP contribution in [-0.4, -0.2) is 26.0 Å². The van der Waals surface area contributed by atoms with Gasteiger partial charge >= 0.3 is 0 Å². The van der Waals surface area contributed by atoms with E-state index in [-0.39, 0.29) is 5.91 Å². The molecule has 6 nitrogen and oxygen atoms in total. The first kappa shape index (κ1) is 19.9. The molecule has 2 amide bonds. The molecule has 1 aliphatic carbocycles. The number of fused-ring (bicyclic) bond motifs is 1. The number of thiophene rings is 1. The topological polar surface area (TPSA) is 76.7 Å². The van der Waals surface area contributed by atoms with E-state index in [0.717, 1.165) is 18.4 Å². The average Bonchev–Trinajstić information content (AvgIpc) is 3.00. The zero-order chi connectivity index (χ0) is 19.9. The Labute approximate surface area is 168 Å². The second kappa shape index (κ2) is 9.41. The monoisotopic (exact) mass is 400 g/mol. The Morgan fingerprint density at radius 1 is 1.00 bits per heavy atom. The van der Waals surface area contributed by atoms with Crippen molar-refractivity contribution in [3.8, 4) is 11.5 Å². The molecular weight excluding hydrogens is 376 g/mol. The lowest BCUT2D eigenvalue weighted by molar-refractivity contribution is -0.117. The molecule has 0 spiro atoms. The largest absolute Gasteiger partial charge is 0.493 e. The molecule has 0 bridgehead atoms. The molecule has 0 unspecified atom stereocenters. The molecule has 0 aliphatic heterocycles. The summed E-state index contributed by atoms with van der Waals surface area (Å²) in [5.74, 6) is 0.494. The number of nitrogens with one attached hydrogen (secondary N) is 2. The predicted octanol–water partition coefficient (Wildman–Crippen LogP) is 3.51. The molecule has 0 fully saturated rings. The molecule has 2 aromatic rings. The van der Waals surface area contributed by atoms with E-state index in [1.165, 1.54) is 47.1 Å². The normalized spacial score (nSPS) is 13.5. The van der Waals surface area contributed by atoms with E-state index in [4.69, 9.17) is 9.47 Å². The minimum atomic E-state index is -0.416. The number of aryl methyl sites for hydroxylation is 2. The smallest absolute Gasteiger partial charge is 0.279 e. The zero-order valence-electron chi connectivity index (χ0n) is 16.0. The maximum atomic E-state index is 12.3. The van der Waals surface area contributed by atoms with Gasteiger partial charge < -0.3 is 9.47 Å². The highest BCUT2D eigenvalue weighted by Crippen LogP contribution is 2.29. The molecule has 1 heterocycles. The van der Waals surface area contributed by atoms with Gasteiger partial charge in [0.05, 0.1) is 19.1 Å².